The molecule has 0 radical (unpaired) electrons. The first-order valence-electron chi connectivity index (χ1n) is 5.85. The lowest BCUT2D eigenvalue weighted by Crippen LogP contribution is -2.29. The van der Waals surface area contributed by atoms with Crippen LogP contribution in [-0.2, 0) is 10.0 Å². The first-order valence-corrected chi connectivity index (χ1v) is 8.09. The number of rotatable bonds is 6. The zero-order valence-corrected chi connectivity index (χ0v) is 12.7. The van der Waals surface area contributed by atoms with Gasteiger partial charge in [0.05, 0.1) is 14.9 Å². The normalized spacial score (nSPS) is 12.1. The van der Waals surface area contributed by atoms with Gasteiger partial charge >= 0.3 is 0 Å². The van der Waals surface area contributed by atoms with Gasteiger partial charge < -0.3 is 0 Å². The minimum absolute atomic E-state index is 0.142. The van der Waals surface area contributed by atoms with Gasteiger partial charge in [-0.05, 0) is 24.1 Å². The third kappa shape index (κ3) is 4.12. The topological polar surface area (TPSA) is 46.2 Å². The Labute approximate surface area is 119 Å². The molecule has 0 aliphatic rings. The highest BCUT2D eigenvalue weighted by Crippen LogP contribution is 2.24. The molecule has 3 nitrogen and oxygen atoms in total. The van der Waals surface area contributed by atoms with Gasteiger partial charge in [0.15, 0.2) is 0 Å². The van der Waals surface area contributed by atoms with Gasteiger partial charge in [-0.25, -0.2) is 13.1 Å². The molecule has 0 aromatic heterocycles. The standard InChI is InChI=1S/C12H17Cl2NO2S/c1-3-9(4-2)8-15-18(16,17)10-5-6-11(13)12(14)7-10/h5-7,9,15H,3-4,8H2,1-2H3. The fourth-order valence-corrected chi connectivity index (χ4v) is 3.04. The highest BCUT2D eigenvalue weighted by molar-refractivity contribution is 7.89. The van der Waals surface area contributed by atoms with Gasteiger partial charge in [0.25, 0.3) is 0 Å². The molecule has 0 fully saturated rings. The van der Waals surface area contributed by atoms with Crippen molar-refractivity contribution in [1.82, 2.24) is 4.72 Å². The summed E-state index contributed by atoms with van der Waals surface area (Å²) < 4.78 is 26.6. The summed E-state index contributed by atoms with van der Waals surface area (Å²) in [6, 6.07) is 4.29. The summed E-state index contributed by atoms with van der Waals surface area (Å²) in [5.41, 5.74) is 0. The van der Waals surface area contributed by atoms with Crippen molar-refractivity contribution in [3.8, 4) is 0 Å². The van der Waals surface area contributed by atoms with Crippen LogP contribution in [0.1, 0.15) is 26.7 Å². The zero-order valence-electron chi connectivity index (χ0n) is 10.4. The third-order valence-electron chi connectivity index (χ3n) is 2.92. The van der Waals surface area contributed by atoms with Gasteiger partial charge in [-0.15, -0.1) is 0 Å². The molecule has 1 rings (SSSR count). The maximum Gasteiger partial charge on any atom is 0.240 e. The maximum absolute atomic E-state index is 12.0. The van der Waals surface area contributed by atoms with E-state index in [9.17, 15) is 8.42 Å². The summed E-state index contributed by atoms with van der Waals surface area (Å²) >= 11 is 11.6. The van der Waals surface area contributed by atoms with Crippen molar-refractivity contribution < 1.29 is 8.42 Å². The van der Waals surface area contributed by atoms with Gasteiger partial charge in [-0.3, -0.25) is 0 Å². The Bertz CT molecular complexity index is 499. The first-order chi connectivity index (χ1) is 8.40. The van der Waals surface area contributed by atoms with Crippen LogP contribution in [-0.4, -0.2) is 15.0 Å². The van der Waals surface area contributed by atoms with Crippen molar-refractivity contribution in [2.24, 2.45) is 5.92 Å². The van der Waals surface area contributed by atoms with Gasteiger partial charge in [-0.2, -0.15) is 0 Å². The van der Waals surface area contributed by atoms with Gasteiger partial charge in [-0.1, -0.05) is 49.9 Å². The Hall–Kier alpha value is -0.290. The Kier molecular flexibility index (Phi) is 5.92. The van der Waals surface area contributed by atoms with Crippen LogP contribution in [0.4, 0.5) is 0 Å². The Morgan fingerprint density at radius 3 is 2.28 bits per heavy atom. The van der Waals surface area contributed by atoms with E-state index in [2.05, 4.69) is 4.72 Å². The lowest BCUT2D eigenvalue weighted by Gasteiger charge is -2.13. The predicted octanol–water partition coefficient (Wildman–Crippen LogP) is 3.71. The average molecular weight is 310 g/mol. The Morgan fingerprint density at radius 2 is 1.78 bits per heavy atom. The number of hydrogen-bond donors (Lipinski definition) is 1. The van der Waals surface area contributed by atoms with Gasteiger partial charge in [0.1, 0.15) is 0 Å². The fourth-order valence-electron chi connectivity index (χ4n) is 1.53. The lowest BCUT2D eigenvalue weighted by atomic mass is 10.0. The van der Waals surface area contributed by atoms with E-state index < -0.39 is 10.0 Å². The van der Waals surface area contributed by atoms with E-state index in [-0.39, 0.29) is 9.92 Å². The van der Waals surface area contributed by atoms with E-state index in [4.69, 9.17) is 23.2 Å². The minimum Gasteiger partial charge on any atom is -0.211 e. The molecule has 1 aromatic carbocycles. The maximum atomic E-state index is 12.0. The molecule has 0 saturated carbocycles. The molecule has 1 aromatic rings. The minimum atomic E-state index is -3.51. The molecular formula is C12H17Cl2NO2S. The highest BCUT2D eigenvalue weighted by atomic mass is 35.5. The summed E-state index contributed by atoms with van der Waals surface area (Å²) in [4.78, 5) is 0.142. The molecule has 0 unspecified atom stereocenters. The third-order valence-corrected chi connectivity index (χ3v) is 5.08. The summed E-state index contributed by atoms with van der Waals surface area (Å²) in [6.45, 7) is 4.53. The average Bonchev–Trinajstić information content (AvgIpc) is 2.33. The smallest absolute Gasteiger partial charge is 0.211 e. The van der Waals surface area contributed by atoms with Crippen molar-refractivity contribution in [3.05, 3.63) is 28.2 Å². The number of benzene rings is 1. The predicted molar refractivity (Wildman–Crippen MR) is 75.7 cm³/mol. The van der Waals surface area contributed by atoms with Crippen LogP contribution in [0.25, 0.3) is 0 Å². The van der Waals surface area contributed by atoms with Crippen molar-refractivity contribution >= 4 is 33.2 Å². The summed E-state index contributed by atoms with van der Waals surface area (Å²) in [5, 5.41) is 0.581. The first kappa shape index (κ1) is 15.8. The molecule has 0 bridgehead atoms. The monoisotopic (exact) mass is 309 g/mol. The Morgan fingerprint density at radius 1 is 1.17 bits per heavy atom. The Balaban J connectivity index is 2.83. The van der Waals surface area contributed by atoms with Crippen molar-refractivity contribution in [3.63, 3.8) is 0 Å². The van der Waals surface area contributed by atoms with Crippen LogP contribution < -0.4 is 4.72 Å². The van der Waals surface area contributed by atoms with Crippen LogP contribution in [0, 0.1) is 5.92 Å². The van der Waals surface area contributed by atoms with E-state index in [1.54, 1.807) is 0 Å². The lowest BCUT2D eigenvalue weighted by molar-refractivity contribution is 0.479. The van der Waals surface area contributed by atoms with E-state index in [1.807, 2.05) is 13.8 Å². The number of nitrogens with one attached hydrogen (secondary N) is 1. The molecule has 0 atom stereocenters. The second-order valence-electron chi connectivity index (χ2n) is 4.11. The molecule has 0 heterocycles. The van der Waals surface area contributed by atoms with E-state index in [0.29, 0.717) is 17.5 Å². The molecule has 0 aliphatic carbocycles. The van der Waals surface area contributed by atoms with Gasteiger partial charge in [0, 0.05) is 6.54 Å². The van der Waals surface area contributed by atoms with Crippen LogP contribution in [0.15, 0.2) is 23.1 Å². The van der Waals surface area contributed by atoms with Crippen LogP contribution in [0.3, 0.4) is 0 Å². The largest absolute Gasteiger partial charge is 0.240 e. The fraction of sp³-hybridized carbons (Fsp3) is 0.500. The number of sulfonamides is 1. The van der Waals surface area contributed by atoms with Gasteiger partial charge in [0.2, 0.25) is 10.0 Å². The summed E-state index contributed by atoms with van der Waals surface area (Å²) in [6.07, 6.45) is 1.89. The molecule has 102 valence electrons. The number of hydrogen-bond acceptors (Lipinski definition) is 2. The molecular weight excluding hydrogens is 293 g/mol. The van der Waals surface area contributed by atoms with E-state index >= 15 is 0 Å². The molecule has 1 N–H and O–H groups in total. The number of halogens is 2. The summed E-state index contributed by atoms with van der Waals surface area (Å²) in [7, 11) is -3.51. The molecule has 6 heteroatoms. The van der Waals surface area contributed by atoms with E-state index in [0.717, 1.165) is 12.8 Å². The van der Waals surface area contributed by atoms with Crippen LogP contribution in [0.2, 0.25) is 10.0 Å². The summed E-state index contributed by atoms with van der Waals surface area (Å²) in [5.74, 6) is 0.350. The molecule has 0 amide bonds. The highest BCUT2D eigenvalue weighted by Gasteiger charge is 2.16. The quantitative estimate of drug-likeness (QED) is 0.870. The van der Waals surface area contributed by atoms with Crippen molar-refractivity contribution in [2.45, 2.75) is 31.6 Å². The van der Waals surface area contributed by atoms with Crippen molar-refractivity contribution in [2.75, 3.05) is 6.54 Å². The van der Waals surface area contributed by atoms with Crippen LogP contribution >= 0.6 is 23.2 Å². The molecule has 0 spiro atoms. The van der Waals surface area contributed by atoms with E-state index in [1.165, 1.54) is 18.2 Å². The second-order valence-corrected chi connectivity index (χ2v) is 6.69. The van der Waals surface area contributed by atoms with Crippen molar-refractivity contribution in [1.29, 1.82) is 0 Å². The SMILES string of the molecule is CCC(CC)CNS(=O)(=O)c1ccc(Cl)c(Cl)c1. The zero-order chi connectivity index (χ0) is 13.8. The molecule has 0 saturated heterocycles. The second kappa shape index (κ2) is 6.75. The van der Waals surface area contributed by atoms with Crippen LogP contribution in [0.5, 0.6) is 0 Å². The molecule has 18 heavy (non-hydrogen) atoms. The molecule has 0 aliphatic heterocycles.